The van der Waals surface area contributed by atoms with E-state index < -0.39 is 6.09 Å². The summed E-state index contributed by atoms with van der Waals surface area (Å²) in [6.45, 7) is 7.93. The van der Waals surface area contributed by atoms with Gasteiger partial charge >= 0.3 is 6.09 Å². The van der Waals surface area contributed by atoms with Crippen molar-refractivity contribution in [3.05, 3.63) is 58.7 Å². The summed E-state index contributed by atoms with van der Waals surface area (Å²) in [5.74, 6) is -0.444. The fourth-order valence-corrected chi connectivity index (χ4v) is 5.10. The van der Waals surface area contributed by atoms with Gasteiger partial charge in [0.25, 0.3) is 5.91 Å². The molecular formula is C32H46N4O6. The summed E-state index contributed by atoms with van der Waals surface area (Å²) in [6, 6.07) is 11.8. The van der Waals surface area contributed by atoms with E-state index in [1.807, 2.05) is 51.1 Å². The van der Waals surface area contributed by atoms with Gasteiger partial charge in [-0.3, -0.25) is 9.59 Å². The van der Waals surface area contributed by atoms with Crippen molar-refractivity contribution in [1.29, 1.82) is 0 Å². The third-order valence-electron chi connectivity index (χ3n) is 7.97. The van der Waals surface area contributed by atoms with E-state index in [1.165, 1.54) is 0 Å². The highest BCUT2D eigenvalue weighted by atomic mass is 16.5. The van der Waals surface area contributed by atoms with Crippen LogP contribution in [-0.4, -0.2) is 70.2 Å². The van der Waals surface area contributed by atoms with Crippen LogP contribution in [0.15, 0.2) is 36.4 Å². The molecule has 0 spiro atoms. The fraction of sp³-hybridized carbons (Fsp3) is 0.531. The van der Waals surface area contributed by atoms with Gasteiger partial charge in [-0.2, -0.15) is 0 Å². The average molecular weight is 583 g/mol. The van der Waals surface area contributed by atoms with Crippen molar-refractivity contribution in [2.45, 2.75) is 64.3 Å². The monoisotopic (exact) mass is 582 g/mol. The lowest BCUT2D eigenvalue weighted by Crippen LogP contribution is -2.45. The van der Waals surface area contributed by atoms with Crippen LogP contribution >= 0.6 is 0 Å². The van der Waals surface area contributed by atoms with E-state index in [1.54, 1.807) is 7.11 Å². The van der Waals surface area contributed by atoms with Crippen LogP contribution < -0.4 is 21.7 Å². The number of nitrogens with two attached hydrogens (primary N) is 1. The molecule has 3 amide bonds. The van der Waals surface area contributed by atoms with Crippen molar-refractivity contribution in [3.63, 3.8) is 0 Å². The Hall–Kier alpha value is -3.47. The maximum absolute atomic E-state index is 13.2. The molecule has 10 heteroatoms. The molecule has 0 fully saturated rings. The molecule has 1 aliphatic carbocycles. The topological polar surface area (TPSA) is 141 Å². The van der Waals surface area contributed by atoms with Crippen LogP contribution in [0.25, 0.3) is 11.1 Å². The number of carbonyl (C=O) groups excluding carboxylic acids is 3. The normalized spacial score (nSPS) is 13.7. The van der Waals surface area contributed by atoms with Crippen molar-refractivity contribution >= 4 is 17.9 Å². The number of nitrogens with one attached hydrogen (secondary N) is 3. The Morgan fingerprint density at radius 1 is 1.00 bits per heavy atom. The van der Waals surface area contributed by atoms with Crippen LogP contribution in [0.5, 0.6) is 0 Å². The summed E-state index contributed by atoms with van der Waals surface area (Å²) in [5, 5.41) is 8.76. The molecule has 10 nitrogen and oxygen atoms in total. The van der Waals surface area contributed by atoms with Crippen molar-refractivity contribution < 1.29 is 28.6 Å². The van der Waals surface area contributed by atoms with Gasteiger partial charge in [0.2, 0.25) is 5.91 Å². The number of methoxy groups -OCH3 is 1. The van der Waals surface area contributed by atoms with E-state index in [-0.39, 0.29) is 36.6 Å². The number of fused-ring (bicyclic) bond motifs is 3. The van der Waals surface area contributed by atoms with Crippen molar-refractivity contribution in [2.75, 3.05) is 46.8 Å². The van der Waals surface area contributed by atoms with Crippen LogP contribution in [0, 0.1) is 0 Å². The quantitative estimate of drug-likeness (QED) is 0.164. The Balaban J connectivity index is 1.83. The molecule has 42 heavy (non-hydrogen) atoms. The number of amides is 3. The molecule has 3 rings (SSSR count). The van der Waals surface area contributed by atoms with Gasteiger partial charge in [-0.15, -0.1) is 0 Å². The van der Waals surface area contributed by atoms with E-state index in [4.69, 9.17) is 19.9 Å². The largest absolute Gasteiger partial charge is 0.449 e. The Bertz CT molecular complexity index is 1210. The fourth-order valence-electron chi connectivity index (χ4n) is 5.10. The second-order valence-corrected chi connectivity index (χ2v) is 10.8. The smallest absolute Gasteiger partial charge is 0.407 e. The zero-order valence-corrected chi connectivity index (χ0v) is 25.3. The van der Waals surface area contributed by atoms with Crippen LogP contribution in [-0.2, 0) is 25.4 Å². The van der Waals surface area contributed by atoms with Crippen molar-refractivity contribution in [3.8, 4) is 11.1 Å². The molecule has 0 saturated carbocycles. The van der Waals surface area contributed by atoms with E-state index in [0.717, 1.165) is 47.1 Å². The number of benzene rings is 2. The minimum absolute atomic E-state index is 0.00317. The van der Waals surface area contributed by atoms with Crippen molar-refractivity contribution in [1.82, 2.24) is 16.0 Å². The van der Waals surface area contributed by atoms with Gasteiger partial charge in [0, 0.05) is 43.6 Å². The molecule has 5 N–H and O–H groups in total. The van der Waals surface area contributed by atoms with Crippen LogP contribution in [0.2, 0.25) is 0 Å². The minimum Gasteiger partial charge on any atom is -0.449 e. The molecule has 1 aliphatic rings. The summed E-state index contributed by atoms with van der Waals surface area (Å²) in [6.07, 6.45) is 2.95. The molecule has 0 bridgehead atoms. The zero-order valence-electron chi connectivity index (χ0n) is 25.3. The summed E-state index contributed by atoms with van der Waals surface area (Å²) < 4.78 is 15.9. The lowest BCUT2D eigenvalue weighted by atomic mass is 9.95. The first-order valence-corrected chi connectivity index (χ1v) is 14.8. The van der Waals surface area contributed by atoms with Gasteiger partial charge < -0.3 is 35.9 Å². The van der Waals surface area contributed by atoms with Crippen LogP contribution in [0.1, 0.15) is 79.4 Å². The molecule has 0 radical (unpaired) electrons. The lowest BCUT2D eigenvalue weighted by molar-refractivity contribution is -0.121. The number of carbonyl (C=O) groups is 3. The average Bonchev–Trinajstić information content (AvgIpc) is 3.31. The molecule has 2 aromatic carbocycles. The Kier molecular flexibility index (Phi) is 12.8. The van der Waals surface area contributed by atoms with Gasteiger partial charge in [0.1, 0.15) is 6.61 Å². The summed E-state index contributed by atoms with van der Waals surface area (Å²) in [7, 11) is 1.60. The lowest BCUT2D eigenvalue weighted by Gasteiger charge is -2.28. The molecule has 0 aliphatic heterocycles. The molecule has 1 atom stereocenters. The van der Waals surface area contributed by atoms with E-state index in [0.29, 0.717) is 44.7 Å². The summed E-state index contributed by atoms with van der Waals surface area (Å²) in [4.78, 5) is 38.1. The Labute approximate surface area is 249 Å². The second kappa shape index (κ2) is 16.2. The van der Waals surface area contributed by atoms with Crippen LogP contribution in [0.3, 0.4) is 0 Å². The highest BCUT2D eigenvalue weighted by Crippen LogP contribution is 2.47. The number of ether oxygens (including phenoxy) is 3. The summed E-state index contributed by atoms with van der Waals surface area (Å²) >= 11 is 0. The number of hydrogen-bond acceptors (Lipinski definition) is 7. The number of aryl methyl sites for hydroxylation is 1. The molecule has 0 heterocycles. The van der Waals surface area contributed by atoms with E-state index in [2.05, 4.69) is 22.0 Å². The van der Waals surface area contributed by atoms with Gasteiger partial charge in [-0.25, -0.2) is 4.79 Å². The maximum atomic E-state index is 13.2. The standard InChI is InChI=1S/C32H46N4O6/c1-5-32(3,6-2)36-31(39)42-20-27-23-10-8-11-25(30(38)35-16-18-41-21-33)29(23)24-14-13-22(19-26(24)27)9-7-12-28(37)34-15-17-40-4/h8,10-11,13-14,19,27H,5-7,9,12,15-18,20-21,33H2,1-4H3,(H,34,37)(H,35,38)(H,36,39). The second-order valence-electron chi connectivity index (χ2n) is 10.8. The Morgan fingerprint density at radius 3 is 2.48 bits per heavy atom. The van der Waals surface area contributed by atoms with Crippen molar-refractivity contribution in [2.24, 2.45) is 5.73 Å². The highest BCUT2D eigenvalue weighted by molar-refractivity contribution is 6.03. The molecule has 0 saturated heterocycles. The van der Waals surface area contributed by atoms with Crippen LogP contribution in [0.4, 0.5) is 4.79 Å². The first kappa shape index (κ1) is 33.0. The molecule has 1 unspecified atom stereocenters. The predicted octanol–water partition coefficient (Wildman–Crippen LogP) is 3.85. The number of alkyl carbamates (subject to hydrolysis) is 1. The molecule has 0 aromatic heterocycles. The summed E-state index contributed by atoms with van der Waals surface area (Å²) in [5.41, 5.74) is 10.4. The van der Waals surface area contributed by atoms with Gasteiger partial charge in [-0.05, 0) is 66.5 Å². The number of rotatable bonds is 17. The third kappa shape index (κ3) is 8.77. The molecular weight excluding hydrogens is 536 g/mol. The SMILES string of the molecule is CCC(C)(CC)NC(=O)OCC1c2cc(CCCC(=O)NCCOC)ccc2-c2c(C(=O)NCCOCN)cccc21. The van der Waals surface area contributed by atoms with Gasteiger partial charge in [0.15, 0.2) is 0 Å². The Morgan fingerprint density at radius 2 is 1.76 bits per heavy atom. The first-order chi connectivity index (χ1) is 20.3. The highest BCUT2D eigenvalue weighted by Gasteiger charge is 2.33. The zero-order chi connectivity index (χ0) is 30.5. The third-order valence-corrected chi connectivity index (χ3v) is 7.97. The number of hydrogen-bond donors (Lipinski definition) is 4. The molecule has 230 valence electrons. The maximum Gasteiger partial charge on any atom is 0.407 e. The van der Waals surface area contributed by atoms with Gasteiger partial charge in [-0.1, -0.05) is 44.2 Å². The van der Waals surface area contributed by atoms with E-state index >= 15 is 0 Å². The molecule has 2 aromatic rings. The minimum atomic E-state index is -0.458. The van der Waals surface area contributed by atoms with Gasteiger partial charge in [0.05, 0.1) is 19.9 Å². The first-order valence-electron chi connectivity index (χ1n) is 14.8. The van der Waals surface area contributed by atoms with E-state index in [9.17, 15) is 14.4 Å². The predicted molar refractivity (Wildman–Crippen MR) is 162 cm³/mol.